The van der Waals surface area contributed by atoms with Crippen LogP contribution in [0.3, 0.4) is 0 Å². The topological polar surface area (TPSA) is 110 Å². The molecule has 3 rings (SSSR count). The van der Waals surface area contributed by atoms with Crippen molar-refractivity contribution in [2.45, 2.75) is 56.5 Å². The summed E-state index contributed by atoms with van der Waals surface area (Å²) >= 11 is 0. The van der Waals surface area contributed by atoms with Gasteiger partial charge in [-0.05, 0) is 31.9 Å². The van der Waals surface area contributed by atoms with Gasteiger partial charge in [-0.1, -0.05) is 37.0 Å². The molecule has 0 saturated heterocycles. The average molecular weight is 404 g/mol. The van der Waals surface area contributed by atoms with E-state index in [2.05, 4.69) is 15.1 Å². The second kappa shape index (κ2) is 8.55. The molecule has 0 unspecified atom stereocenters. The Hall–Kier alpha value is -2.68. The van der Waals surface area contributed by atoms with Gasteiger partial charge in [0.05, 0.1) is 4.90 Å². The summed E-state index contributed by atoms with van der Waals surface area (Å²) < 4.78 is 28.5. The van der Waals surface area contributed by atoms with E-state index in [9.17, 15) is 18.0 Å². The molecule has 2 aromatic rings. The van der Waals surface area contributed by atoms with Crippen molar-refractivity contribution in [1.29, 1.82) is 0 Å². The molecule has 1 amide bonds. The minimum atomic E-state index is -3.84. The molecule has 150 valence electrons. The smallest absolute Gasteiger partial charge is 0.263 e. The summed E-state index contributed by atoms with van der Waals surface area (Å²) in [7, 11) is -3.84. The highest BCUT2D eigenvalue weighted by Crippen LogP contribution is 2.18. The van der Waals surface area contributed by atoms with Crippen molar-refractivity contribution < 1.29 is 18.0 Å². The fourth-order valence-corrected chi connectivity index (χ4v) is 4.26. The quantitative estimate of drug-likeness (QED) is 0.688. The van der Waals surface area contributed by atoms with Gasteiger partial charge >= 0.3 is 0 Å². The predicted molar refractivity (Wildman–Crippen MR) is 105 cm³/mol. The second-order valence-corrected chi connectivity index (χ2v) is 8.73. The summed E-state index contributed by atoms with van der Waals surface area (Å²) in [6.45, 7) is 1.72. The van der Waals surface area contributed by atoms with Crippen LogP contribution in [0.1, 0.15) is 48.2 Å². The third-order valence-corrected chi connectivity index (χ3v) is 6.14. The molecule has 0 atom stereocenters. The Morgan fingerprint density at radius 3 is 2.54 bits per heavy atom. The number of sulfonamides is 1. The number of anilines is 1. The van der Waals surface area contributed by atoms with E-state index in [1.807, 2.05) is 6.92 Å². The molecule has 0 bridgehead atoms. The molecule has 28 heavy (non-hydrogen) atoms. The number of nitrogens with one attached hydrogen (secondary N) is 2. The monoisotopic (exact) mass is 404 g/mol. The summed E-state index contributed by atoms with van der Waals surface area (Å²) in [6, 6.07) is 7.84. The van der Waals surface area contributed by atoms with E-state index < -0.39 is 10.0 Å². The molecule has 1 saturated carbocycles. The maximum absolute atomic E-state index is 12.5. The number of hydrogen-bond acceptors (Lipinski definition) is 5. The Morgan fingerprint density at radius 2 is 1.89 bits per heavy atom. The highest BCUT2D eigenvalue weighted by atomic mass is 32.2. The Labute approximate surface area is 164 Å². The van der Waals surface area contributed by atoms with Crippen LogP contribution in [-0.2, 0) is 21.4 Å². The molecule has 1 aromatic carbocycles. The van der Waals surface area contributed by atoms with Crippen LogP contribution in [-0.4, -0.2) is 36.4 Å². The first-order chi connectivity index (χ1) is 13.4. The van der Waals surface area contributed by atoms with Crippen LogP contribution in [0.25, 0.3) is 0 Å². The van der Waals surface area contributed by atoms with Gasteiger partial charge in [-0.2, -0.15) is 5.10 Å². The number of benzene rings is 1. The van der Waals surface area contributed by atoms with Crippen molar-refractivity contribution in [2.75, 3.05) is 4.72 Å². The van der Waals surface area contributed by atoms with E-state index in [0.29, 0.717) is 6.29 Å². The number of aldehydes is 1. The molecule has 9 heteroatoms. The zero-order chi connectivity index (χ0) is 20.1. The summed E-state index contributed by atoms with van der Waals surface area (Å²) in [5.41, 5.74) is 1.07. The van der Waals surface area contributed by atoms with Gasteiger partial charge in [0, 0.05) is 12.1 Å². The van der Waals surface area contributed by atoms with E-state index in [0.717, 1.165) is 31.2 Å². The SMILES string of the molecule is Cc1ccc(S(=O)(=O)Nc2cc(C=O)n(CC(=O)NC3CCCCC3)n2)cc1. The Morgan fingerprint density at radius 1 is 1.21 bits per heavy atom. The van der Waals surface area contributed by atoms with Gasteiger partial charge in [0.1, 0.15) is 12.2 Å². The first-order valence-electron chi connectivity index (χ1n) is 9.29. The first kappa shape index (κ1) is 20.1. The number of aryl methyl sites for hydroxylation is 1. The number of amides is 1. The summed E-state index contributed by atoms with van der Waals surface area (Å²) in [4.78, 5) is 23.7. The van der Waals surface area contributed by atoms with Crippen molar-refractivity contribution >= 4 is 28.0 Å². The largest absolute Gasteiger partial charge is 0.352 e. The van der Waals surface area contributed by atoms with Crippen molar-refractivity contribution in [3.8, 4) is 0 Å². The molecule has 0 spiro atoms. The average Bonchev–Trinajstić information content (AvgIpc) is 3.03. The van der Waals surface area contributed by atoms with Crippen LogP contribution < -0.4 is 10.0 Å². The van der Waals surface area contributed by atoms with Crippen LogP contribution in [0.4, 0.5) is 5.82 Å². The normalized spacial score (nSPS) is 15.2. The predicted octanol–water partition coefficient (Wildman–Crippen LogP) is 2.25. The van der Waals surface area contributed by atoms with Gasteiger partial charge in [-0.3, -0.25) is 19.0 Å². The highest BCUT2D eigenvalue weighted by Gasteiger charge is 2.20. The van der Waals surface area contributed by atoms with Crippen LogP contribution in [0.15, 0.2) is 35.2 Å². The van der Waals surface area contributed by atoms with Gasteiger partial charge in [0.15, 0.2) is 12.1 Å². The maximum atomic E-state index is 12.5. The third kappa shape index (κ3) is 4.98. The highest BCUT2D eigenvalue weighted by molar-refractivity contribution is 7.92. The van der Waals surface area contributed by atoms with E-state index >= 15 is 0 Å². The molecule has 1 aromatic heterocycles. The van der Waals surface area contributed by atoms with Crippen LogP contribution >= 0.6 is 0 Å². The molecule has 2 N–H and O–H groups in total. The molecule has 1 fully saturated rings. The second-order valence-electron chi connectivity index (χ2n) is 7.05. The van der Waals surface area contributed by atoms with Crippen LogP contribution in [0.5, 0.6) is 0 Å². The van der Waals surface area contributed by atoms with Gasteiger partial charge in [0.2, 0.25) is 5.91 Å². The Bertz CT molecular complexity index is 945. The molecule has 8 nitrogen and oxygen atoms in total. The van der Waals surface area contributed by atoms with E-state index in [1.165, 1.54) is 29.3 Å². The van der Waals surface area contributed by atoms with Crippen molar-refractivity contribution in [1.82, 2.24) is 15.1 Å². The lowest BCUT2D eigenvalue weighted by molar-refractivity contribution is -0.122. The van der Waals surface area contributed by atoms with Crippen molar-refractivity contribution in [2.24, 2.45) is 0 Å². The lowest BCUT2D eigenvalue weighted by Gasteiger charge is -2.22. The van der Waals surface area contributed by atoms with Crippen molar-refractivity contribution in [3.05, 3.63) is 41.6 Å². The van der Waals surface area contributed by atoms with Crippen LogP contribution in [0.2, 0.25) is 0 Å². The van der Waals surface area contributed by atoms with Gasteiger partial charge in [0.25, 0.3) is 10.0 Å². The fraction of sp³-hybridized carbons (Fsp3) is 0.421. The number of hydrogen-bond donors (Lipinski definition) is 2. The van der Waals surface area contributed by atoms with E-state index in [1.54, 1.807) is 12.1 Å². The standard InChI is InChI=1S/C19H24N4O4S/c1-14-7-9-17(10-8-14)28(26,27)22-18-11-16(13-24)23(21-18)12-19(25)20-15-5-3-2-4-6-15/h7-11,13,15H,2-6,12H2,1H3,(H,20,25)(H,21,22). The molecule has 1 aliphatic rings. The minimum Gasteiger partial charge on any atom is -0.352 e. The van der Waals surface area contributed by atoms with E-state index in [4.69, 9.17) is 0 Å². The minimum absolute atomic E-state index is 0.00635. The first-order valence-corrected chi connectivity index (χ1v) is 10.8. The van der Waals surface area contributed by atoms with Gasteiger partial charge in [-0.15, -0.1) is 0 Å². The lowest BCUT2D eigenvalue weighted by atomic mass is 9.95. The molecule has 1 heterocycles. The lowest BCUT2D eigenvalue weighted by Crippen LogP contribution is -2.38. The zero-order valence-electron chi connectivity index (χ0n) is 15.7. The molecular weight excluding hydrogens is 380 g/mol. The summed E-state index contributed by atoms with van der Waals surface area (Å²) in [5, 5.41) is 7.03. The fourth-order valence-electron chi connectivity index (χ4n) is 3.27. The number of carbonyl (C=O) groups is 2. The van der Waals surface area contributed by atoms with Crippen LogP contribution in [0, 0.1) is 6.92 Å². The molecule has 0 aliphatic heterocycles. The number of rotatable bonds is 7. The number of aromatic nitrogens is 2. The van der Waals surface area contributed by atoms with Gasteiger partial charge < -0.3 is 5.32 Å². The third-order valence-electron chi connectivity index (χ3n) is 4.77. The van der Waals surface area contributed by atoms with Gasteiger partial charge in [-0.25, -0.2) is 8.42 Å². The Balaban J connectivity index is 1.70. The Kier molecular flexibility index (Phi) is 6.13. The zero-order valence-corrected chi connectivity index (χ0v) is 16.5. The maximum Gasteiger partial charge on any atom is 0.263 e. The van der Waals surface area contributed by atoms with E-state index in [-0.39, 0.29) is 34.9 Å². The summed E-state index contributed by atoms with van der Waals surface area (Å²) in [5.74, 6) is -0.251. The molecular formula is C19H24N4O4S. The summed E-state index contributed by atoms with van der Waals surface area (Å²) in [6.07, 6.45) is 5.82. The number of nitrogens with zero attached hydrogens (tertiary/aromatic N) is 2. The van der Waals surface area contributed by atoms with Crippen molar-refractivity contribution in [3.63, 3.8) is 0 Å². The molecule has 0 radical (unpaired) electrons. The molecule has 1 aliphatic carbocycles. The number of carbonyl (C=O) groups excluding carboxylic acids is 2.